The standard InChI is InChI=1S/C9H15N3/c1-6-3-9-8(7(6)4-10)5-11-12(9)2/h5-7H,3-4,10H2,1-2H3. The van der Waals surface area contributed by atoms with E-state index in [1.54, 1.807) is 0 Å². The maximum Gasteiger partial charge on any atom is 0.0527 e. The molecule has 2 unspecified atom stereocenters. The van der Waals surface area contributed by atoms with Crippen molar-refractivity contribution in [2.24, 2.45) is 18.7 Å². The lowest BCUT2D eigenvalue weighted by atomic mass is 9.95. The van der Waals surface area contributed by atoms with E-state index in [4.69, 9.17) is 5.73 Å². The molecule has 3 nitrogen and oxygen atoms in total. The van der Waals surface area contributed by atoms with Crippen LogP contribution in [0.2, 0.25) is 0 Å². The first-order valence-electron chi connectivity index (χ1n) is 4.45. The summed E-state index contributed by atoms with van der Waals surface area (Å²) < 4.78 is 1.97. The van der Waals surface area contributed by atoms with Crippen molar-refractivity contribution in [3.63, 3.8) is 0 Å². The molecule has 2 N–H and O–H groups in total. The number of nitrogens with two attached hydrogens (primary N) is 1. The van der Waals surface area contributed by atoms with Gasteiger partial charge in [-0.2, -0.15) is 5.10 Å². The Labute approximate surface area is 72.6 Å². The quantitative estimate of drug-likeness (QED) is 0.664. The Morgan fingerprint density at radius 2 is 2.50 bits per heavy atom. The van der Waals surface area contributed by atoms with Crippen LogP contribution in [0.1, 0.15) is 24.1 Å². The molecule has 0 spiro atoms. The average molecular weight is 165 g/mol. The second-order valence-electron chi connectivity index (χ2n) is 3.69. The lowest BCUT2D eigenvalue weighted by molar-refractivity contribution is 0.494. The zero-order chi connectivity index (χ0) is 8.72. The maximum absolute atomic E-state index is 5.71. The van der Waals surface area contributed by atoms with Crippen molar-refractivity contribution < 1.29 is 0 Å². The van der Waals surface area contributed by atoms with Crippen LogP contribution >= 0.6 is 0 Å². The molecule has 2 rings (SSSR count). The van der Waals surface area contributed by atoms with Crippen LogP contribution in [-0.4, -0.2) is 16.3 Å². The Kier molecular flexibility index (Phi) is 1.68. The van der Waals surface area contributed by atoms with E-state index in [2.05, 4.69) is 12.0 Å². The van der Waals surface area contributed by atoms with Gasteiger partial charge in [0.05, 0.1) is 6.20 Å². The molecule has 1 aromatic heterocycles. The fraction of sp³-hybridized carbons (Fsp3) is 0.667. The second-order valence-corrected chi connectivity index (χ2v) is 3.69. The summed E-state index contributed by atoms with van der Waals surface area (Å²) >= 11 is 0. The van der Waals surface area contributed by atoms with Gasteiger partial charge in [-0.1, -0.05) is 6.92 Å². The Balaban J connectivity index is 2.41. The molecule has 1 aromatic rings. The number of hydrogen-bond donors (Lipinski definition) is 1. The van der Waals surface area contributed by atoms with E-state index in [0.717, 1.165) is 13.0 Å². The van der Waals surface area contributed by atoms with Crippen LogP contribution in [0.4, 0.5) is 0 Å². The van der Waals surface area contributed by atoms with Gasteiger partial charge in [0.15, 0.2) is 0 Å². The highest BCUT2D eigenvalue weighted by Crippen LogP contribution is 2.36. The molecular formula is C9H15N3. The van der Waals surface area contributed by atoms with E-state index in [-0.39, 0.29) is 0 Å². The van der Waals surface area contributed by atoms with Crippen LogP contribution in [0.25, 0.3) is 0 Å². The first kappa shape index (κ1) is 7.80. The van der Waals surface area contributed by atoms with Crippen LogP contribution in [0.3, 0.4) is 0 Å². The molecule has 1 aliphatic rings. The molecule has 0 saturated heterocycles. The number of aromatic nitrogens is 2. The minimum absolute atomic E-state index is 0.536. The van der Waals surface area contributed by atoms with Gasteiger partial charge in [0.2, 0.25) is 0 Å². The first-order chi connectivity index (χ1) is 5.74. The fourth-order valence-electron chi connectivity index (χ4n) is 2.15. The smallest absolute Gasteiger partial charge is 0.0527 e. The average Bonchev–Trinajstić information content (AvgIpc) is 2.52. The third kappa shape index (κ3) is 0.894. The zero-order valence-corrected chi connectivity index (χ0v) is 7.62. The highest BCUT2D eigenvalue weighted by molar-refractivity contribution is 5.29. The number of nitrogens with zero attached hydrogens (tertiary/aromatic N) is 2. The SMILES string of the molecule is CC1Cc2c(cnn2C)C1CN. The van der Waals surface area contributed by atoms with Crippen molar-refractivity contribution in [2.75, 3.05) is 6.54 Å². The van der Waals surface area contributed by atoms with Crippen molar-refractivity contribution in [1.29, 1.82) is 0 Å². The third-order valence-corrected chi connectivity index (χ3v) is 2.95. The summed E-state index contributed by atoms with van der Waals surface area (Å²) in [6.45, 7) is 3.01. The van der Waals surface area contributed by atoms with E-state index in [1.807, 2.05) is 17.9 Å². The number of hydrogen-bond acceptors (Lipinski definition) is 2. The minimum Gasteiger partial charge on any atom is -0.330 e. The summed E-state index contributed by atoms with van der Waals surface area (Å²) in [5.41, 5.74) is 8.45. The molecule has 66 valence electrons. The molecule has 0 aromatic carbocycles. The Bertz CT molecular complexity index is 290. The highest BCUT2D eigenvalue weighted by atomic mass is 15.3. The molecule has 1 aliphatic carbocycles. The fourth-order valence-corrected chi connectivity index (χ4v) is 2.15. The molecule has 3 heteroatoms. The predicted octanol–water partition coefficient (Wildman–Crippen LogP) is 0.655. The van der Waals surface area contributed by atoms with Crippen LogP contribution in [0, 0.1) is 5.92 Å². The lowest BCUT2D eigenvalue weighted by Crippen LogP contribution is -2.15. The Hall–Kier alpha value is -0.830. The van der Waals surface area contributed by atoms with Gasteiger partial charge in [-0.25, -0.2) is 0 Å². The van der Waals surface area contributed by atoms with E-state index in [1.165, 1.54) is 11.3 Å². The summed E-state index contributed by atoms with van der Waals surface area (Å²) in [6.07, 6.45) is 3.10. The van der Waals surface area contributed by atoms with E-state index < -0.39 is 0 Å². The second kappa shape index (κ2) is 2.59. The molecule has 0 bridgehead atoms. The number of fused-ring (bicyclic) bond motifs is 1. The van der Waals surface area contributed by atoms with E-state index in [9.17, 15) is 0 Å². The van der Waals surface area contributed by atoms with Gasteiger partial charge in [-0.3, -0.25) is 4.68 Å². The van der Waals surface area contributed by atoms with E-state index in [0.29, 0.717) is 11.8 Å². The highest BCUT2D eigenvalue weighted by Gasteiger charge is 2.30. The summed E-state index contributed by atoms with van der Waals surface area (Å²) in [6, 6.07) is 0. The Morgan fingerprint density at radius 1 is 1.75 bits per heavy atom. The van der Waals surface area contributed by atoms with Crippen LogP contribution in [0.5, 0.6) is 0 Å². The van der Waals surface area contributed by atoms with Crippen molar-refractivity contribution in [3.05, 3.63) is 17.5 Å². The summed E-state index contributed by atoms with van der Waals surface area (Å²) in [5.74, 6) is 1.22. The molecule has 0 amide bonds. The summed E-state index contributed by atoms with van der Waals surface area (Å²) in [7, 11) is 2.00. The molecular weight excluding hydrogens is 150 g/mol. The molecule has 0 fully saturated rings. The first-order valence-corrected chi connectivity index (χ1v) is 4.45. The molecule has 0 aliphatic heterocycles. The normalized spacial score (nSPS) is 27.6. The van der Waals surface area contributed by atoms with Gasteiger partial charge in [0.25, 0.3) is 0 Å². The van der Waals surface area contributed by atoms with Gasteiger partial charge in [-0.05, 0) is 24.4 Å². The number of rotatable bonds is 1. The molecule has 12 heavy (non-hydrogen) atoms. The topological polar surface area (TPSA) is 43.8 Å². The lowest BCUT2D eigenvalue weighted by Gasteiger charge is -2.11. The van der Waals surface area contributed by atoms with Gasteiger partial charge >= 0.3 is 0 Å². The largest absolute Gasteiger partial charge is 0.330 e. The van der Waals surface area contributed by atoms with Crippen LogP contribution in [0.15, 0.2) is 6.20 Å². The van der Waals surface area contributed by atoms with Crippen molar-refractivity contribution in [1.82, 2.24) is 9.78 Å². The van der Waals surface area contributed by atoms with Crippen molar-refractivity contribution in [2.45, 2.75) is 19.3 Å². The Morgan fingerprint density at radius 3 is 3.17 bits per heavy atom. The van der Waals surface area contributed by atoms with Gasteiger partial charge in [-0.15, -0.1) is 0 Å². The molecule has 2 atom stereocenters. The molecule has 1 heterocycles. The summed E-state index contributed by atoms with van der Waals surface area (Å²) in [5, 5.41) is 4.23. The maximum atomic E-state index is 5.71. The zero-order valence-electron chi connectivity index (χ0n) is 7.62. The number of aryl methyl sites for hydroxylation is 1. The van der Waals surface area contributed by atoms with E-state index >= 15 is 0 Å². The minimum atomic E-state index is 0.536. The van der Waals surface area contributed by atoms with Crippen LogP contribution in [-0.2, 0) is 13.5 Å². The van der Waals surface area contributed by atoms with Crippen molar-refractivity contribution in [3.8, 4) is 0 Å². The molecule has 0 saturated carbocycles. The van der Waals surface area contributed by atoms with Crippen LogP contribution < -0.4 is 5.73 Å². The summed E-state index contributed by atoms with van der Waals surface area (Å²) in [4.78, 5) is 0. The van der Waals surface area contributed by atoms with Gasteiger partial charge in [0, 0.05) is 18.7 Å². The molecule has 0 radical (unpaired) electrons. The van der Waals surface area contributed by atoms with Crippen molar-refractivity contribution >= 4 is 0 Å². The third-order valence-electron chi connectivity index (χ3n) is 2.95. The monoisotopic (exact) mass is 165 g/mol. The van der Waals surface area contributed by atoms with Gasteiger partial charge in [0.1, 0.15) is 0 Å². The van der Waals surface area contributed by atoms with Gasteiger partial charge < -0.3 is 5.73 Å². The predicted molar refractivity (Wildman–Crippen MR) is 47.9 cm³/mol.